The number of hydrogen-bond acceptors (Lipinski definition) is 4. The Morgan fingerprint density at radius 1 is 1.48 bits per heavy atom. The maximum Gasteiger partial charge on any atom is 0.346 e. The van der Waals surface area contributed by atoms with Crippen molar-refractivity contribution in [3.05, 3.63) is 34.5 Å². The Kier molecular flexibility index (Phi) is 5.27. The second-order valence-electron chi connectivity index (χ2n) is 5.08. The molecule has 4 nitrogen and oxygen atoms in total. The number of carboxylic acid groups (broad SMARTS) is 1. The minimum absolute atomic E-state index is 0.124. The van der Waals surface area contributed by atoms with E-state index < -0.39 is 11.8 Å². The van der Waals surface area contributed by atoms with Gasteiger partial charge in [0.1, 0.15) is 10.7 Å². The van der Waals surface area contributed by atoms with Crippen molar-refractivity contribution in [3.63, 3.8) is 0 Å². The van der Waals surface area contributed by atoms with Gasteiger partial charge in [0.15, 0.2) is 0 Å². The highest BCUT2D eigenvalue weighted by Gasteiger charge is 2.19. The molecule has 6 heteroatoms. The van der Waals surface area contributed by atoms with Crippen LogP contribution in [0.3, 0.4) is 0 Å². The predicted octanol–water partition coefficient (Wildman–Crippen LogP) is 2.85. The molecule has 3 N–H and O–H groups in total. The molecule has 0 aliphatic carbocycles. The van der Waals surface area contributed by atoms with Crippen LogP contribution in [0.15, 0.2) is 18.2 Å². The molecule has 0 aliphatic heterocycles. The van der Waals surface area contributed by atoms with Gasteiger partial charge in [-0.05, 0) is 31.0 Å². The third-order valence-electron chi connectivity index (χ3n) is 3.37. The van der Waals surface area contributed by atoms with Gasteiger partial charge in [0.2, 0.25) is 0 Å². The van der Waals surface area contributed by atoms with E-state index in [-0.39, 0.29) is 17.4 Å². The molecule has 2 aromatic rings. The number of aliphatic hydroxyl groups is 1. The molecule has 0 bridgehead atoms. The van der Waals surface area contributed by atoms with E-state index in [0.717, 1.165) is 11.3 Å². The van der Waals surface area contributed by atoms with Gasteiger partial charge in [0.25, 0.3) is 0 Å². The van der Waals surface area contributed by atoms with E-state index in [1.165, 1.54) is 6.07 Å². The Labute approximate surface area is 126 Å². The Morgan fingerprint density at radius 2 is 2.24 bits per heavy atom. The van der Waals surface area contributed by atoms with Gasteiger partial charge < -0.3 is 15.5 Å². The minimum atomic E-state index is -1.03. The summed E-state index contributed by atoms with van der Waals surface area (Å²) in [4.78, 5) is 11.5. The highest BCUT2D eigenvalue weighted by Crippen LogP contribution is 2.33. The molecule has 21 heavy (non-hydrogen) atoms. The van der Waals surface area contributed by atoms with Gasteiger partial charge in [-0.2, -0.15) is 0 Å². The van der Waals surface area contributed by atoms with Crippen molar-refractivity contribution in [2.24, 2.45) is 5.92 Å². The summed E-state index contributed by atoms with van der Waals surface area (Å²) in [5.41, 5.74) is 0.497. The van der Waals surface area contributed by atoms with Crippen LogP contribution in [-0.2, 0) is 6.54 Å². The first-order valence-electron chi connectivity index (χ1n) is 6.79. The Hall–Kier alpha value is -1.50. The predicted molar refractivity (Wildman–Crippen MR) is 81.3 cm³/mol. The Bertz CT molecular complexity index is 641. The maximum atomic E-state index is 14.0. The van der Waals surface area contributed by atoms with Crippen molar-refractivity contribution in [3.8, 4) is 0 Å². The van der Waals surface area contributed by atoms with Crippen LogP contribution in [-0.4, -0.2) is 29.3 Å². The van der Waals surface area contributed by atoms with E-state index in [9.17, 15) is 14.3 Å². The molecule has 0 amide bonds. The lowest BCUT2D eigenvalue weighted by molar-refractivity contribution is 0.0701. The first-order chi connectivity index (χ1) is 10.0. The number of aromatic carboxylic acids is 1. The molecule has 1 aromatic heterocycles. The minimum Gasteiger partial charge on any atom is -0.477 e. The zero-order valence-electron chi connectivity index (χ0n) is 11.7. The molecule has 1 unspecified atom stereocenters. The number of hydrogen-bond donors (Lipinski definition) is 3. The van der Waals surface area contributed by atoms with Gasteiger partial charge >= 0.3 is 5.97 Å². The standard InChI is InChI=1S/C15H18FNO3S/c1-9(5-6-18)7-17-8-10-13-11(16)3-2-4-12(13)21-14(10)15(19)20/h2-4,9,17-18H,5-8H2,1H3,(H,19,20). The summed E-state index contributed by atoms with van der Waals surface area (Å²) in [6, 6.07) is 4.66. The number of thiophene rings is 1. The number of fused-ring (bicyclic) bond motifs is 1. The molecule has 0 radical (unpaired) electrons. The van der Waals surface area contributed by atoms with Crippen LogP contribution in [0.1, 0.15) is 28.6 Å². The lowest BCUT2D eigenvalue weighted by Gasteiger charge is -2.11. The molecular formula is C15H18FNO3S. The van der Waals surface area contributed by atoms with Crippen molar-refractivity contribution in [1.29, 1.82) is 0 Å². The fraction of sp³-hybridized carbons (Fsp3) is 0.400. The van der Waals surface area contributed by atoms with Crippen LogP contribution in [0, 0.1) is 11.7 Å². The number of rotatable bonds is 7. The number of carboxylic acids is 1. The summed E-state index contributed by atoms with van der Waals surface area (Å²) in [7, 11) is 0. The first-order valence-corrected chi connectivity index (χ1v) is 7.61. The van der Waals surface area contributed by atoms with Crippen molar-refractivity contribution in [2.45, 2.75) is 19.9 Å². The molecular weight excluding hydrogens is 293 g/mol. The molecule has 0 saturated heterocycles. The topological polar surface area (TPSA) is 69.6 Å². The van der Waals surface area contributed by atoms with E-state index >= 15 is 0 Å². The molecule has 1 aromatic carbocycles. The number of benzene rings is 1. The van der Waals surface area contributed by atoms with Crippen LogP contribution in [0.2, 0.25) is 0 Å². The highest BCUT2D eigenvalue weighted by atomic mass is 32.1. The van der Waals surface area contributed by atoms with Gasteiger partial charge in [-0.15, -0.1) is 11.3 Å². The van der Waals surface area contributed by atoms with E-state index in [1.807, 2.05) is 6.92 Å². The number of halogens is 1. The van der Waals surface area contributed by atoms with Crippen LogP contribution >= 0.6 is 11.3 Å². The lowest BCUT2D eigenvalue weighted by Crippen LogP contribution is -2.22. The molecule has 0 saturated carbocycles. The molecule has 2 rings (SSSR count). The van der Waals surface area contributed by atoms with Crippen molar-refractivity contribution >= 4 is 27.4 Å². The van der Waals surface area contributed by atoms with Crippen LogP contribution in [0.25, 0.3) is 10.1 Å². The van der Waals surface area contributed by atoms with Gasteiger partial charge in [0.05, 0.1) is 0 Å². The van der Waals surface area contributed by atoms with Gasteiger partial charge in [-0.1, -0.05) is 13.0 Å². The Morgan fingerprint density at radius 3 is 2.90 bits per heavy atom. The third kappa shape index (κ3) is 3.58. The number of carbonyl (C=O) groups is 1. The molecule has 114 valence electrons. The monoisotopic (exact) mass is 311 g/mol. The average Bonchev–Trinajstić information content (AvgIpc) is 2.79. The summed E-state index contributed by atoms with van der Waals surface area (Å²) < 4.78 is 14.6. The zero-order valence-corrected chi connectivity index (χ0v) is 12.5. The molecule has 0 spiro atoms. The highest BCUT2D eigenvalue weighted by molar-refractivity contribution is 7.21. The quantitative estimate of drug-likeness (QED) is 0.735. The smallest absolute Gasteiger partial charge is 0.346 e. The average molecular weight is 311 g/mol. The number of nitrogens with one attached hydrogen (secondary N) is 1. The fourth-order valence-corrected chi connectivity index (χ4v) is 3.35. The molecule has 1 atom stereocenters. The fourth-order valence-electron chi connectivity index (χ4n) is 2.27. The maximum absolute atomic E-state index is 14.0. The summed E-state index contributed by atoms with van der Waals surface area (Å²) in [6.07, 6.45) is 0.678. The second-order valence-corrected chi connectivity index (χ2v) is 6.13. The second kappa shape index (κ2) is 6.98. The van der Waals surface area contributed by atoms with Gasteiger partial charge in [0, 0.05) is 28.8 Å². The lowest BCUT2D eigenvalue weighted by atomic mass is 10.1. The number of aliphatic hydroxyl groups excluding tert-OH is 1. The van der Waals surface area contributed by atoms with Gasteiger partial charge in [-0.3, -0.25) is 0 Å². The molecule has 0 aliphatic rings. The van der Waals surface area contributed by atoms with E-state index in [1.54, 1.807) is 12.1 Å². The van der Waals surface area contributed by atoms with Crippen molar-refractivity contribution in [1.82, 2.24) is 5.32 Å². The third-order valence-corrected chi connectivity index (χ3v) is 4.56. The Balaban J connectivity index is 2.24. The normalized spacial score (nSPS) is 12.7. The van der Waals surface area contributed by atoms with Gasteiger partial charge in [-0.25, -0.2) is 9.18 Å². The summed E-state index contributed by atoms with van der Waals surface area (Å²) in [5.74, 6) is -1.15. The largest absolute Gasteiger partial charge is 0.477 e. The van der Waals surface area contributed by atoms with E-state index in [0.29, 0.717) is 35.2 Å². The SMILES string of the molecule is CC(CCO)CNCc1c(C(=O)O)sc2cccc(F)c12. The zero-order chi connectivity index (χ0) is 15.4. The molecule has 0 fully saturated rings. The van der Waals surface area contributed by atoms with Crippen molar-refractivity contribution in [2.75, 3.05) is 13.2 Å². The van der Waals surface area contributed by atoms with E-state index in [2.05, 4.69) is 5.32 Å². The van der Waals surface area contributed by atoms with E-state index in [4.69, 9.17) is 5.11 Å². The van der Waals surface area contributed by atoms with Crippen LogP contribution in [0.4, 0.5) is 4.39 Å². The summed E-state index contributed by atoms with van der Waals surface area (Å²) >= 11 is 1.10. The van der Waals surface area contributed by atoms with Crippen molar-refractivity contribution < 1.29 is 19.4 Å². The summed E-state index contributed by atoms with van der Waals surface area (Å²) in [5, 5.41) is 21.7. The molecule has 1 heterocycles. The van der Waals surface area contributed by atoms with Crippen LogP contribution in [0.5, 0.6) is 0 Å². The summed E-state index contributed by atoms with van der Waals surface area (Å²) in [6.45, 7) is 3.07. The first kappa shape index (κ1) is 15.9. The van der Waals surface area contributed by atoms with Crippen LogP contribution < -0.4 is 5.32 Å².